The number of hydrogen-bond donors (Lipinski definition) is 2. The highest BCUT2D eigenvalue weighted by atomic mass is 16.5. The molecule has 0 aromatic heterocycles. The van der Waals surface area contributed by atoms with E-state index in [0.29, 0.717) is 6.61 Å². The Bertz CT molecular complexity index is 1130. The number of ether oxygens (including phenoxy) is 2. The number of carbonyl (C=O) groups is 2. The van der Waals surface area contributed by atoms with Crippen molar-refractivity contribution in [2.75, 3.05) is 13.2 Å². The average Bonchev–Trinajstić information content (AvgIpc) is 3.21. The molecule has 6 nitrogen and oxygen atoms in total. The van der Waals surface area contributed by atoms with Gasteiger partial charge in [0, 0.05) is 12.3 Å². The predicted molar refractivity (Wildman–Crippen MR) is 139 cm³/mol. The summed E-state index contributed by atoms with van der Waals surface area (Å²) in [4.78, 5) is 24.4. The first-order valence-corrected chi connectivity index (χ1v) is 12.6. The fourth-order valence-electron chi connectivity index (χ4n) is 4.66. The van der Waals surface area contributed by atoms with Crippen molar-refractivity contribution in [2.24, 2.45) is 0 Å². The van der Waals surface area contributed by atoms with E-state index >= 15 is 0 Å². The zero-order valence-electron chi connectivity index (χ0n) is 20.6. The van der Waals surface area contributed by atoms with Gasteiger partial charge in [-0.15, -0.1) is 0 Å². The number of carbonyl (C=O) groups excluding carboxylic acids is 1. The molecule has 0 spiro atoms. The Hall–Kier alpha value is -3.80. The van der Waals surface area contributed by atoms with Gasteiger partial charge in [-0.1, -0.05) is 86.8 Å². The standard InChI is InChI=1S/C30H33NO5/c1-2-3-4-9-18-35-22-16-14-21(15-17-22)19-28(29(32)33)31-30(34)36-20-27-25-12-7-5-10-23(25)24-11-6-8-13-26(24)27/h5-8,10-17,27-28H,2-4,9,18-20H2,1H3,(H,31,34)(H,32,33). The zero-order valence-corrected chi connectivity index (χ0v) is 20.6. The third-order valence-corrected chi connectivity index (χ3v) is 6.56. The molecule has 0 aliphatic heterocycles. The van der Waals surface area contributed by atoms with Gasteiger partial charge in [-0.3, -0.25) is 0 Å². The first-order valence-electron chi connectivity index (χ1n) is 12.6. The molecular formula is C30H33NO5. The lowest BCUT2D eigenvalue weighted by Gasteiger charge is -2.17. The largest absolute Gasteiger partial charge is 0.494 e. The van der Waals surface area contributed by atoms with Crippen molar-refractivity contribution < 1.29 is 24.2 Å². The number of alkyl carbamates (subject to hydrolysis) is 1. The van der Waals surface area contributed by atoms with Crippen LogP contribution in [0.5, 0.6) is 5.75 Å². The van der Waals surface area contributed by atoms with Crippen molar-refractivity contribution in [3.8, 4) is 16.9 Å². The summed E-state index contributed by atoms with van der Waals surface area (Å²) in [5, 5.41) is 12.2. The molecule has 0 saturated carbocycles. The van der Waals surface area contributed by atoms with Crippen molar-refractivity contribution in [1.82, 2.24) is 5.32 Å². The van der Waals surface area contributed by atoms with Gasteiger partial charge in [-0.25, -0.2) is 9.59 Å². The highest BCUT2D eigenvalue weighted by Gasteiger charge is 2.29. The first-order chi connectivity index (χ1) is 17.6. The molecule has 1 unspecified atom stereocenters. The van der Waals surface area contributed by atoms with Crippen LogP contribution in [0.3, 0.4) is 0 Å². The Labute approximate surface area is 212 Å². The number of amides is 1. The van der Waals surface area contributed by atoms with Gasteiger partial charge in [0.05, 0.1) is 6.61 Å². The SMILES string of the molecule is CCCCCCOc1ccc(CC(NC(=O)OCC2c3ccccc3-c3ccccc32)C(=O)O)cc1. The molecule has 1 aliphatic carbocycles. The molecule has 1 aliphatic rings. The lowest BCUT2D eigenvalue weighted by Crippen LogP contribution is -2.42. The maximum absolute atomic E-state index is 12.6. The van der Waals surface area contributed by atoms with Crippen LogP contribution in [0, 0.1) is 0 Å². The topological polar surface area (TPSA) is 84.9 Å². The number of fused-ring (bicyclic) bond motifs is 3. The summed E-state index contributed by atoms with van der Waals surface area (Å²) >= 11 is 0. The molecule has 3 aromatic carbocycles. The highest BCUT2D eigenvalue weighted by molar-refractivity contribution is 5.81. The van der Waals surface area contributed by atoms with E-state index in [0.717, 1.165) is 46.4 Å². The van der Waals surface area contributed by atoms with Crippen LogP contribution in [0.1, 0.15) is 55.2 Å². The normalized spacial score (nSPS) is 12.9. The van der Waals surface area contributed by atoms with Gasteiger partial charge >= 0.3 is 12.1 Å². The Morgan fingerprint density at radius 2 is 1.53 bits per heavy atom. The number of rotatable bonds is 12. The maximum Gasteiger partial charge on any atom is 0.407 e. The molecular weight excluding hydrogens is 454 g/mol. The first kappa shape index (κ1) is 25.3. The summed E-state index contributed by atoms with van der Waals surface area (Å²) in [6.45, 7) is 2.98. The second-order valence-corrected chi connectivity index (χ2v) is 9.12. The van der Waals surface area contributed by atoms with Crippen molar-refractivity contribution >= 4 is 12.1 Å². The van der Waals surface area contributed by atoms with Crippen molar-refractivity contribution in [3.63, 3.8) is 0 Å². The fourth-order valence-corrected chi connectivity index (χ4v) is 4.66. The number of carboxylic acid groups (broad SMARTS) is 1. The van der Waals surface area contributed by atoms with E-state index in [1.807, 2.05) is 60.7 Å². The third kappa shape index (κ3) is 6.25. The monoisotopic (exact) mass is 487 g/mol. The smallest absolute Gasteiger partial charge is 0.407 e. The van der Waals surface area contributed by atoms with E-state index in [-0.39, 0.29) is 18.9 Å². The molecule has 0 fully saturated rings. The lowest BCUT2D eigenvalue weighted by atomic mass is 9.98. The summed E-state index contributed by atoms with van der Waals surface area (Å²) in [6.07, 6.45) is 3.96. The Morgan fingerprint density at radius 3 is 2.14 bits per heavy atom. The molecule has 0 radical (unpaired) electrons. The van der Waals surface area contributed by atoms with E-state index < -0.39 is 18.1 Å². The van der Waals surface area contributed by atoms with Crippen LogP contribution >= 0.6 is 0 Å². The number of carboxylic acids is 1. The molecule has 1 atom stereocenters. The zero-order chi connectivity index (χ0) is 25.3. The van der Waals surface area contributed by atoms with Crippen LogP contribution < -0.4 is 10.1 Å². The van der Waals surface area contributed by atoms with Gasteiger partial charge < -0.3 is 19.9 Å². The summed E-state index contributed by atoms with van der Waals surface area (Å²) in [7, 11) is 0. The molecule has 3 aromatic rings. The Kier molecular flexibility index (Phi) is 8.61. The average molecular weight is 488 g/mol. The van der Waals surface area contributed by atoms with Crippen molar-refractivity contribution in [3.05, 3.63) is 89.5 Å². The van der Waals surface area contributed by atoms with E-state index in [2.05, 4.69) is 24.4 Å². The van der Waals surface area contributed by atoms with Crippen LogP contribution in [0.2, 0.25) is 0 Å². The Balaban J connectivity index is 1.31. The molecule has 0 bridgehead atoms. The van der Waals surface area contributed by atoms with Crippen molar-refractivity contribution in [2.45, 2.75) is 51.0 Å². The number of hydrogen-bond acceptors (Lipinski definition) is 4. The third-order valence-electron chi connectivity index (χ3n) is 6.56. The van der Waals surface area contributed by atoms with Gasteiger partial charge in [0.2, 0.25) is 0 Å². The minimum atomic E-state index is -1.11. The number of nitrogens with one attached hydrogen (secondary N) is 1. The van der Waals surface area contributed by atoms with Crippen LogP contribution in [0.4, 0.5) is 4.79 Å². The van der Waals surface area contributed by atoms with Crippen LogP contribution in [0.15, 0.2) is 72.8 Å². The lowest BCUT2D eigenvalue weighted by molar-refractivity contribution is -0.139. The second kappa shape index (κ2) is 12.2. The molecule has 0 saturated heterocycles. The van der Waals surface area contributed by atoms with E-state index in [4.69, 9.17) is 9.47 Å². The summed E-state index contributed by atoms with van der Waals surface area (Å²) in [6, 6.07) is 22.4. The molecule has 2 N–H and O–H groups in total. The minimum absolute atomic E-state index is 0.0825. The molecule has 6 heteroatoms. The van der Waals surface area contributed by atoms with Gasteiger partial charge in [0.1, 0.15) is 18.4 Å². The van der Waals surface area contributed by atoms with E-state index in [1.54, 1.807) is 0 Å². The van der Waals surface area contributed by atoms with Gasteiger partial charge in [0.15, 0.2) is 0 Å². The van der Waals surface area contributed by atoms with Gasteiger partial charge in [-0.2, -0.15) is 0 Å². The molecule has 0 heterocycles. The Morgan fingerprint density at radius 1 is 0.889 bits per heavy atom. The van der Waals surface area contributed by atoms with E-state index in [1.165, 1.54) is 12.8 Å². The van der Waals surface area contributed by atoms with Crippen LogP contribution in [-0.4, -0.2) is 36.4 Å². The van der Waals surface area contributed by atoms with Crippen molar-refractivity contribution in [1.29, 1.82) is 0 Å². The van der Waals surface area contributed by atoms with Gasteiger partial charge in [0.25, 0.3) is 0 Å². The minimum Gasteiger partial charge on any atom is -0.494 e. The van der Waals surface area contributed by atoms with E-state index in [9.17, 15) is 14.7 Å². The summed E-state index contributed by atoms with van der Waals surface area (Å²) in [5.74, 6) is -0.438. The number of unbranched alkanes of at least 4 members (excludes halogenated alkanes) is 3. The molecule has 4 rings (SSSR count). The quantitative estimate of drug-likeness (QED) is 0.298. The van der Waals surface area contributed by atoms with Crippen LogP contribution in [0.25, 0.3) is 11.1 Å². The fraction of sp³-hybridized carbons (Fsp3) is 0.333. The van der Waals surface area contributed by atoms with Gasteiger partial charge in [-0.05, 0) is 46.4 Å². The summed E-state index contributed by atoms with van der Waals surface area (Å²) < 4.78 is 11.3. The summed E-state index contributed by atoms with van der Waals surface area (Å²) in [5.41, 5.74) is 5.28. The number of aliphatic carboxylic acids is 1. The van der Waals surface area contributed by atoms with Crippen LogP contribution in [-0.2, 0) is 16.0 Å². The number of benzene rings is 3. The molecule has 188 valence electrons. The molecule has 36 heavy (non-hydrogen) atoms. The molecule has 1 amide bonds. The second-order valence-electron chi connectivity index (χ2n) is 9.12. The highest BCUT2D eigenvalue weighted by Crippen LogP contribution is 2.44. The maximum atomic E-state index is 12.6. The predicted octanol–water partition coefficient (Wildman–Crippen LogP) is 6.18.